The van der Waals surface area contributed by atoms with E-state index in [1.165, 1.54) is 11.1 Å². The zero-order chi connectivity index (χ0) is 21.4. The molecular weight excluding hydrogens is 366 g/mol. The summed E-state index contributed by atoms with van der Waals surface area (Å²) in [4.78, 5) is 12.8. The van der Waals surface area contributed by atoms with Crippen molar-refractivity contribution in [2.45, 2.75) is 59.9 Å². The molecule has 2 rings (SSSR count). The molecule has 0 saturated carbocycles. The highest BCUT2D eigenvalue weighted by molar-refractivity contribution is 5.88. The number of methoxy groups -OCH3 is 1. The van der Waals surface area contributed by atoms with E-state index in [1.807, 2.05) is 24.3 Å². The normalized spacial score (nSPS) is 11.6. The summed E-state index contributed by atoms with van der Waals surface area (Å²) in [7, 11) is 1.59. The third-order valence-corrected chi connectivity index (χ3v) is 4.89. The number of benzene rings is 1. The van der Waals surface area contributed by atoms with E-state index in [0.29, 0.717) is 29.8 Å². The molecule has 0 aliphatic carbocycles. The molecule has 0 aliphatic heterocycles. The van der Waals surface area contributed by atoms with E-state index in [2.05, 4.69) is 33.8 Å². The quantitative estimate of drug-likeness (QED) is 0.529. The average molecular weight is 400 g/mol. The number of allylic oxidation sites excluding steroid dienone is 3. The van der Waals surface area contributed by atoms with Crippen LogP contribution in [0.5, 0.6) is 17.2 Å². The molecule has 0 bridgehead atoms. The minimum atomic E-state index is -0.432. The fourth-order valence-electron chi connectivity index (χ4n) is 3.16. The van der Waals surface area contributed by atoms with Gasteiger partial charge in [0, 0.05) is 18.0 Å². The Hall–Kier alpha value is -2.69. The van der Waals surface area contributed by atoms with Gasteiger partial charge in [-0.15, -0.1) is 0 Å². The van der Waals surface area contributed by atoms with Crippen LogP contribution in [0.1, 0.15) is 53.4 Å². The first kappa shape index (κ1) is 22.6. The fraction of sp³-hybridized carbons (Fsp3) is 0.458. The Morgan fingerprint density at radius 1 is 1.21 bits per heavy atom. The molecule has 2 aromatic rings. The summed E-state index contributed by atoms with van der Waals surface area (Å²) < 4.78 is 12.8. The van der Waals surface area contributed by atoms with Crippen LogP contribution in [0.4, 0.5) is 0 Å². The number of rotatable bonds is 10. The summed E-state index contributed by atoms with van der Waals surface area (Å²) in [5, 5.41) is 11.3. The maximum atomic E-state index is 12.8. The molecular formula is C24H33NO4. The number of fused-ring (bicyclic) bond motifs is 1. The Morgan fingerprint density at radius 3 is 2.62 bits per heavy atom. The molecule has 158 valence electrons. The van der Waals surface area contributed by atoms with E-state index >= 15 is 0 Å². The first-order valence-corrected chi connectivity index (χ1v) is 10.2. The van der Waals surface area contributed by atoms with Crippen LogP contribution in [0.15, 0.2) is 46.3 Å². The summed E-state index contributed by atoms with van der Waals surface area (Å²) in [6, 6.07) is 5.46. The molecule has 1 aromatic heterocycles. The summed E-state index contributed by atoms with van der Waals surface area (Å²) in [6.45, 7) is 9.15. The van der Waals surface area contributed by atoms with Gasteiger partial charge in [-0.25, -0.2) is 0 Å². The predicted octanol–water partition coefficient (Wildman–Crippen LogP) is 5.59. The summed E-state index contributed by atoms with van der Waals surface area (Å²) in [5.74, 6) is 0.553. The van der Waals surface area contributed by atoms with Crippen molar-refractivity contribution in [1.29, 1.82) is 0 Å². The van der Waals surface area contributed by atoms with Crippen molar-refractivity contribution in [3.63, 3.8) is 0 Å². The van der Waals surface area contributed by atoms with Crippen LogP contribution >= 0.6 is 0 Å². The third-order valence-electron chi connectivity index (χ3n) is 4.89. The van der Waals surface area contributed by atoms with Crippen LogP contribution in [0.3, 0.4) is 0 Å². The Labute approximate surface area is 173 Å². The van der Waals surface area contributed by atoms with Gasteiger partial charge in [0.05, 0.1) is 12.6 Å². The average Bonchev–Trinajstić information content (AvgIpc) is 2.70. The Balaban J connectivity index is 2.34. The van der Waals surface area contributed by atoms with Crippen LogP contribution in [-0.2, 0) is 6.54 Å². The van der Waals surface area contributed by atoms with Gasteiger partial charge >= 0.3 is 0 Å². The van der Waals surface area contributed by atoms with Crippen LogP contribution in [0.25, 0.3) is 10.9 Å². The highest BCUT2D eigenvalue weighted by atomic mass is 16.5. The number of nitrogens with zero attached hydrogens (tertiary/aromatic N) is 1. The molecule has 29 heavy (non-hydrogen) atoms. The van der Waals surface area contributed by atoms with Gasteiger partial charge in [-0.3, -0.25) is 4.79 Å². The van der Waals surface area contributed by atoms with Gasteiger partial charge in [0.15, 0.2) is 5.75 Å². The largest absolute Gasteiger partial charge is 0.500 e. The van der Waals surface area contributed by atoms with Gasteiger partial charge in [-0.05, 0) is 58.2 Å². The Kier molecular flexibility index (Phi) is 8.37. The monoisotopic (exact) mass is 399 g/mol. The lowest BCUT2D eigenvalue weighted by atomic mass is 10.1. The first-order chi connectivity index (χ1) is 13.9. The van der Waals surface area contributed by atoms with Gasteiger partial charge in [-0.1, -0.05) is 30.6 Å². The summed E-state index contributed by atoms with van der Waals surface area (Å²) >= 11 is 0. The zero-order valence-electron chi connectivity index (χ0n) is 18.2. The van der Waals surface area contributed by atoms with Gasteiger partial charge in [0.1, 0.15) is 12.4 Å². The predicted molar refractivity (Wildman–Crippen MR) is 119 cm³/mol. The Morgan fingerprint density at radius 2 is 1.97 bits per heavy atom. The second-order valence-electron chi connectivity index (χ2n) is 7.55. The van der Waals surface area contributed by atoms with Crippen LogP contribution in [0, 0.1) is 0 Å². The second kappa shape index (κ2) is 10.7. The van der Waals surface area contributed by atoms with Gasteiger partial charge in [-0.2, -0.15) is 0 Å². The van der Waals surface area contributed by atoms with E-state index in [4.69, 9.17) is 9.47 Å². The first-order valence-electron chi connectivity index (χ1n) is 10.2. The molecule has 0 fully saturated rings. The number of ether oxygens (including phenoxy) is 2. The molecule has 0 radical (unpaired) electrons. The molecule has 0 unspecified atom stereocenters. The maximum Gasteiger partial charge on any atom is 0.297 e. The number of hydrogen-bond donors (Lipinski definition) is 1. The van der Waals surface area contributed by atoms with Crippen molar-refractivity contribution in [1.82, 2.24) is 4.57 Å². The molecule has 0 saturated heterocycles. The van der Waals surface area contributed by atoms with Gasteiger partial charge in [0.2, 0.25) is 5.75 Å². The van der Waals surface area contributed by atoms with Gasteiger partial charge < -0.3 is 19.1 Å². The van der Waals surface area contributed by atoms with Crippen molar-refractivity contribution in [2.24, 2.45) is 0 Å². The molecule has 5 nitrogen and oxygen atoms in total. The van der Waals surface area contributed by atoms with Crippen LogP contribution < -0.4 is 15.0 Å². The smallest absolute Gasteiger partial charge is 0.297 e. The third kappa shape index (κ3) is 5.89. The lowest BCUT2D eigenvalue weighted by molar-refractivity contribution is 0.334. The van der Waals surface area contributed by atoms with E-state index in [-0.39, 0.29) is 11.5 Å². The van der Waals surface area contributed by atoms with E-state index in [9.17, 15) is 9.90 Å². The molecule has 0 amide bonds. The highest BCUT2D eigenvalue weighted by Crippen LogP contribution is 2.34. The molecule has 0 atom stereocenters. The van der Waals surface area contributed by atoms with E-state index < -0.39 is 5.56 Å². The van der Waals surface area contributed by atoms with Crippen molar-refractivity contribution < 1.29 is 14.6 Å². The summed E-state index contributed by atoms with van der Waals surface area (Å²) in [5.41, 5.74) is 2.80. The topological polar surface area (TPSA) is 60.7 Å². The van der Waals surface area contributed by atoms with E-state index in [1.54, 1.807) is 11.7 Å². The lowest BCUT2D eigenvalue weighted by Crippen LogP contribution is -2.21. The summed E-state index contributed by atoms with van der Waals surface area (Å²) in [6.07, 6.45) is 7.95. The fourth-order valence-corrected chi connectivity index (χ4v) is 3.16. The van der Waals surface area contributed by atoms with E-state index in [0.717, 1.165) is 25.7 Å². The number of unbranched alkanes of at least 4 members (excludes halogenated alkanes) is 1. The minimum absolute atomic E-state index is 0.230. The molecule has 0 aliphatic rings. The zero-order valence-corrected chi connectivity index (χ0v) is 18.2. The highest BCUT2D eigenvalue weighted by Gasteiger charge is 2.18. The van der Waals surface area contributed by atoms with Crippen molar-refractivity contribution in [3.8, 4) is 17.2 Å². The molecule has 0 spiro atoms. The molecule has 1 aromatic carbocycles. The lowest BCUT2D eigenvalue weighted by Gasteiger charge is -2.16. The number of aromatic nitrogens is 1. The molecule has 5 heteroatoms. The maximum absolute atomic E-state index is 12.8. The van der Waals surface area contributed by atoms with Crippen LogP contribution in [0.2, 0.25) is 0 Å². The van der Waals surface area contributed by atoms with Crippen molar-refractivity contribution in [3.05, 3.63) is 51.9 Å². The Bertz CT molecular complexity index is 949. The number of aromatic hydroxyl groups is 1. The SMILES string of the molecule is CCCCn1c(=O)c(O)c(OC/C=C(\C)CCC=C(C)C)c2ccc(OC)cc21. The second-order valence-corrected chi connectivity index (χ2v) is 7.55. The number of pyridine rings is 1. The van der Waals surface area contributed by atoms with Crippen molar-refractivity contribution >= 4 is 10.9 Å². The van der Waals surface area contributed by atoms with Crippen molar-refractivity contribution in [2.75, 3.05) is 13.7 Å². The van der Waals surface area contributed by atoms with Gasteiger partial charge in [0.25, 0.3) is 5.56 Å². The number of hydrogen-bond acceptors (Lipinski definition) is 4. The molecule has 1 N–H and O–H groups in total. The number of aryl methyl sites for hydroxylation is 1. The minimum Gasteiger partial charge on any atom is -0.500 e. The van der Waals surface area contributed by atoms with Crippen LogP contribution in [-0.4, -0.2) is 23.4 Å². The standard InChI is InChI=1S/C24H33NO4/c1-6-7-14-25-21-16-19(28-5)11-12-20(21)23(22(26)24(25)27)29-15-13-18(4)10-8-9-17(2)3/h9,11-13,16,26H,6-8,10,14-15H2,1-5H3/b18-13+. The molecule has 1 heterocycles.